The highest BCUT2D eigenvalue weighted by Gasteiger charge is 2.12. The van der Waals surface area contributed by atoms with Gasteiger partial charge in [0.15, 0.2) is 11.5 Å². The van der Waals surface area contributed by atoms with Crippen LogP contribution in [0.15, 0.2) is 63.6 Å². The maximum atomic E-state index is 12.1. The molecule has 0 atom stereocenters. The molecule has 3 rings (SSSR count). The number of aryl methyl sites for hydroxylation is 1. The fourth-order valence-corrected chi connectivity index (χ4v) is 2.24. The number of carbonyl (C=O) groups is 1. The first-order valence-electron chi connectivity index (χ1n) is 7.81. The van der Waals surface area contributed by atoms with Crippen molar-refractivity contribution in [1.82, 2.24) is 15.6 Å². The van der Waals surface area contributed by atoms with Gasteiger partial charge in [0.2, 0.25) is 0 Å². The summed E-state index contributed by atoms with van der Waals surface area (Å²) in [6.45, 7) is 3.77. The van der Waals surface area contributed by atoms with Crippen LogP contribution in [0.4, 0.5) is 0 Å². The van der Waals surface area contributed by atoms with E-state index in [4.69, 9.17) is 4.42 Å². The Labute approximate surface area is 145 Å². The second-order valence-electron chi connectivity index (χ2n) is 5.58. The van der Waals surface area contributed by atoms with Crippen molar-refractivity contribution in [2.24, 2.45) is 5.10 Å². The molecule has 0 aliphatic heterocycles. The predicted octanol–water partition coefficient (Wildman–Crippen LogP) is 3.80. The molecule has 0 radical (unpaired) electrons. The van der Waals surface area contributed by atoms with Gasteiger partial charge in [-0.05, 0) is 37.1 Å². The number of carbonyl (C=O) groups excluding carboxylic acids is 1. The zero-order chi connectivity index (χ0) is 17.6. The van der Waals surface area contributed by atoms with Crippen LogP contribution >= 0.6 is 0 Å². The van der Waals surface area contributed by atoms with Crippen molar-refractivity contribution >= 4 is 18.2 Å². The third-order valence-corrected chi connectivity index (χ3v) is 3.44. The normalized spacial score (nSPS) is 11.8. The summed E-state index contributed by atoms with van der Waals surface area (Å²) in [6, 6.07) is 15.2. The van der Waals surface area contributed by atoms with Gasteiger partial charge in [0.25, 0.3) is 5.91 Å². The third kappa shape index (κ3) is 4.32. The summed E-state index contributed by atoms with van der Waals surface area (Å²) in [5.41, 5.74) is 5.33. The van der Waals surface area contributed by atoms with Gasteiger partial charge in [0, 0.05) is 6.07 Å². The molecular weight excluding hydrogens is 316 g/mol. The van der Waals surface area contributed by atoms with E-state index in [1.54, 1.807) is 12.3 Å². The van der Waals surface area contributed by atoms with Crippen molar-refractivity contribution < 1.29 is 9.21 Å². The Morgan fingerprint density at radius 2 is 2.04 bits per heavy atom. The van der Waals surface area contributed by atoms with Gasteiger partial charge in [0.1, 0.15) is 11.5 Å². The molecule has 1 amide bonds. The molecule has 25 heavy (non-hydrogen) atoms. The monoisotopic (exact) mass is 334 g/mol. The van der Waals surface area contributed by atoms with Crippen LogP contribution in [0.25, 0.3) is 17.5 Å². The van der Waals surface area contributed by atoms with Crippen LogP contribution in [0.3, 0.4) is 0 Å². The van der Waals surface area contributed by atoms with Crippen LogP contribution in [0.2, 0.25) is 0 Å². The van der Waals surface area contributed by atoms with Crippen LogP contribution in [-0.2, 0) is 0 Å². The number of benzene rings is 1. The highest BCUT2D eigenvalue weighted by atomic mass is 16.3. The fourth-order valence-electron chi connectivity index (χ4n) is 2.24. The number of aromatic nitrogens is 2. The zero-order valence-electron chi connectivity index (χ0n) is 14.0. The largest absolute Gasteiger partial charge is 0.460 e. The lowest BCUT2D eigenvalue weighted by atomic mass is 10.1. The first kappa shape index (κ1) is 16.4. The van der Waals surface area contributed by atoms with E-state index in [1.165, 1.54) is 0 Å². The van der Waals surface area contributed by atoms with Crippen LogP contribution in [-0.4, -0.2) is 22.3 Å². The molecule has 2 N–H and O–H groups in total. The molecule has 6 nitrogen and oxygen atoms in total. The molecule has 2 heterocycles. The molecule has 2 aromatic heterocycles. The van der Waals surface area contributed by atoms with E-state index in [1.807, 2.05) is 62.4 Å². The van der Waals surface area contributed by atoms with Gasteiger partial charge in [0.05, 0.1) is 6.21 Å². The molecule has 126 valence electrons. The lowest BCUT2D eigenvalue weighted by molar-refractivity contribution is 0.0950. The quantitative estimate of drug-likeness (QED) is 0.550. The fraction of sp³-hybridized carbons (Fsp3) is 0.105. The Balaban J connectivity index is 1.61. The summed E-state index contributed by atoms with van der Waals surface area (Å²) >= 11 is 0. The second-order valence-corrected chi connectivity index (χ2v) is 5.58. The molecular formula is C19H18N4O2. The molecule has 0 unspecified atom stereocenters. The van der Waals surface area contributed by atoms with Crippen molar-refractivity contribution in [2.75, 3.05) is 0 Å². The van der Waals surface area contributed by atoms with Crippen molar-refractivity contribution in [3.05, 3.63) is 71.1 Å². The van der Waals surface area contributed by atoms with E-state index >= 15 is 0 Å². The SMILES string of the molecule is CC(/C=N\NC(=O)c1cc(-c2ccc(C)o2)[nH]n1)=C\c1ccccc1. The van der Waals surface area contributed by atoms with Crippen molar-refractivity contribution in [1.29, 1.82) is 0 Å². The number of H-pyrrole nitrogens is 1. The minimum Gasteiger partial charge on any atom is -0.460 e. The number of rotatable bonds is 5. The summed E-state index contributed by atoms with van der Waals surface area (Å²) < 4.78 is 5.49. The summed E-state index contributed by atoms with van der Waals surface area (Å²) in [6.07, 6.45) is 3.57. The minimum absolute atomic E-state index is 0.242. The first-order chi connectivity index (χ1) is 12.1. The standard InChI is InChI=1S/C19H18N4O2/c1-13(10-15-6-4-3-5-7-15)12-20-23-19(24)17-11-16(21-22-17)18-9-8-14(2)25-18/h3-12H,1-2H3,(H,21,22)(H,23,24)/b13-10+,20-12-. The molecule has 6 heteroatoms. The molecule has 0 saturated heterocycles. The first-order valence-corrected chi connectivity index (χ1v) is 7.81. The van der Waals surface area contributed by atoms with Crippen molar-refractivity contribution in [2.45, 2.75) is 13.8 Å². The Hall–Kier alpha value is -3.41. The average molecular weight is 334 g/mol. The number of furan rings is 1. The molecule has 0 bridgehead atoms. The number of aromatic amines is 1. The molecule has 0 saturated carbocycles. The van der Waals surface area contributed by atoms with Crippen molar-refractivity contribution in [3.8, 4) is 11.5 Å². The predicted molar refractivity (Wildman–Crippen MR) is 97.1 cm³/mol. The van der Waals surface area contributed by atoms with Gasteiger partial charge in [-0.25, -0.2) is 5.43 Å². The highest BCUT2D eigenvalue weighted by molar-refractivity contribution is 5.94. The number of amides is 1. The molecule has 1 aromatic carbocycles. The molecule has 0 aliphatic rings. The van der Waals surface area contributed by atoms with Gasteiger partial charge >= 0.3 is 0 Å². The number of allylic oxidation sites excluding steroid dienone is 1. The lowest BCUT2D eigenvalue weighted by Crippen LogP contribution is -2.17. The summed E-state index contributed by atoms with van der Waals surface area (Å²) in [5, 5.41) is 10.7. The van der Waals surface area contributed by atoms with Gasteiger partial charge in [-0.1, -0.05) is 36.4 Å². The van der Waals surface area contributed by atoms with Gasteiger partial charge < -0.3 is 4.42 Å². The van der Waals surface area contributed by atoms with E-state index in [2.05, 4.69) is 20.7 Å². The maximum absolute atomic E-state index is 12.1. The van der Waals surface area contributed by atoms with E-state index in [-0.39, 0.29) is 5.69 Å². The maximum Gasteiger partial charge on any atom is 0.291 e. The van der Waals surface area contributed by atoms with Crippen LogP contribution in [0, 0.1) is 6.92 Å². The van der Waals surface area contributed by atoms with E-state index in [9.17, 15) is 4.79 Å². The lowest BCUT2D eigenvalue weighted by Gasteiger charge is -1.96. The number of hydrogen-bond acceptors (Lipinski definition) is 4. The zero-order valence-corrected chi connectivity index (χ0v) is 14.0. The van der Waals surface area contributed by atoms with Crippen LogP contribution < -0.4 is 5.43 Å². The highest BCUT2D eigenvalue weighted by Crippen LogP contribution is 2.20. The van der Waals surface area contributed by atoms with Crippen molar-refractivity contribution in [3.63, 3.8) is 0 Å². The Kier molecular flexibility index (Phi) is 4.89. The molecule has 0 fully saturated rings. The second kappa shape index (κ2) is 7.44. The number of nitrogens with one attached hydrogen (secondary N) is 2. The molecule has 0 aliphatic carbocycles. The van der Waals surface area contributed by atoms with Crippen LogP contribution in [0.5, 0.6) is 0 Å². The topological polar surface area (TPSA) is 83.3 Å². The Morgan fingerprint density at radius 3 is 2.76 bits per heavy atom. The average Bonchev–Trinajstić information content (AvgIpc) is 3.24. The van der Waals surface area contributed by atoms with Crippen LogP contribution in [0.1, 0.15) is 28.7 Å². The van der Waals surface area contributed by atoms with E-state index < -0.39 is 5.91 Å². The minimum atomic E-state index is -0.394. The molecule has 0 spiro atoms. The summed E-state index contributed by atoms with van der Waals surface area (Å²) in [7, 11) is 0. The smallest absolute Gasteiger partial charge is 0.291 e. The Morgan fingerprint density at radius 1 is 1.24 bits per heavy atom. The van der Waals surface area contributed by atoms with E-state index in [0.717, 1.165) is 16.9 Å². The molecule has 3 aromatic rings. The third-order valence-electron chi connectivity index (χ3n) is 3.44. The Bertz CT molecular complexity index is 920. The number of hydrogen-bond donors (Lipinski definition) is 2. The number of hydrazone groups is 1. The number of nitrogens with zero attached hydrogens (tertiary/aromatic N) is 2. The summed E-state index contributed by atoms with van der Waals surface area (Å²) in [4.78, 5) is 12.1. The van der Waals surface area contributed by atoms with E-state index in [0.29, 0.717) is 11.5 Å². The van der Waals surface area contributed by atoms with Gasteiger partial charge in [-0.15, -0.1) is 0 Å². The van der Waals surface area contributed by atoms with Gasteiger partial charge in [-0.3, -0.25) is 9.89 Å². The summed E-state index contributed by atoms with van der Waals surface area (Å²) in [5.74, 6) is 1.03. The van der Waals surface area contributed by atoms with Gasteiger partial charge in [-0.2, -0.15) is 10.2 Å².